The molecule has 0 radical (unpaired) electrons. The molecule has 0 aliphatic rings. The Balaban J connectivity index is 4.36. The molecule has 0 spiro atoms. The highest BCUT2D eigenvalue weighted by Gasteiger charge is 2.20. The van der Waals surface area contributed by atoms with Gasteiger partial charge in [-0.15, -0.1) is 0 Å². The molecule has 0 rings (SSSR count). The van der Waals surface area contributed by atoms with Gasteiger partial charge in [-0.2, -0.15) is 0 Å². The normalized spacial score (nSPS) is 14.8. The highest BCUT2D eigenvalue weighted by molar-refractivity contribution is 8.06. The second kappa shape index (κ2) is 4.88. The third-order valence-corrected chi connectivity index (χ3v) is 4.75. The Hall–Kier alpha value is -0.710. The molecule has 0 fully saturated rings. The summed E-state index contributed by atoms with van der Waals surface area (Å²) in [6.07, 6.45) is -0.934. The van der Waals surface area contributed by atoms with Crippen molar-refractivity contribution in [2.75, 3.05) is 17.9 Å². The zero-order valence-electron chi connectivity index (χ0n) is 7.87. The summed E-state index contributed by atoms with van der Waals surface area (Å²) in [5, 5.41) is 7.73. The van der Waals surface area contributed by atoms with Crippen molar-refractivity contribution in [3.05, 3.63) is 0 Å². The summed E-state index contributed by atoms with van der Waals surface area (Å²) < 4.78 is 45.1. The van der Waals surface area contributed by atoms with Gasteiger partial charge < -0.3 is 10.8 Å². The van der Waals surface area contributed by atoms with Gasteiger partial charge >= 0.3 is 0 Å². The third kappa shape index (κ3) is 7.25. The highest BCUT2D eigenvalue weighted by atomic mass is 32.3. The van der Waals surface area contributed by atoms with Crippen molar-refractivity contribution in [1.29, 1.82) is 0 Å². The van der Waals surface area contributed by atoms with Crippen molar-refractivity contribution in [3.63, 3.8) is 0 Å². The first-order valence-electron chi connectivity index (χ1n) is 3.66. The van der Waals surface area contributed by atoms with Crippen LogP contribution in [0.1, 0.15) is 0 Å². The molecule has 15 heavy (non-hydrogen) atoms. The van der Waals surface area contributed by atoms with E-state index >= 15 is 0 Å². The smallest absolute Gasteiger partial charge is 0.247 e. The average molecular weight is 260 g/mol. The summed E-state index contributed by atoms with van der Waals surface area (Å²) in [7, 11) is -7.77. The molecule has 90 valence electrons. The first kappa shape index (κ1) is 14.3. The maximum atomic E-state index is 11.0. The van der Waals surface area contributed by atoms with Crippen LogP contribution in [0.5, 0.6) is 0 Å². The molecule has 0 aliphatic carbocycles. The van der Waals surface area contributed by atoms with Crippen LogP contribution in [0.3, 0.4) is 0 Å². The number of aliphatic hydroxyl groups is 1. The van der Waals surface area contributed by atoms with E-state index in [1.54, 1.807) is 4.72 Å². The minimum Gasteiger partial charge on any atom is -0.382 e. The second-order valence-electron chi connectivity index (χ2n) is 2.92. The van der Waals surface area contributed by atoms with Gasteiger partial charge in [-0.3, -0.25) is 4.79 Å². The van der Waals surface area contributed by atoms with E-state index < -0.39 is 43.5 Å². The molecule has 0 saturated carbocycles. The van der Waals surface area contributed by atoms with Crippen LogP contribution in [0, 0.1) is 0 Å². The van der Waals surface area contributed by atoms with Crippen molar-refractivity contribution >= 4 is 25.8 Å². The number of amides is 1. The lowest BCUT2D eigenvalue weighted by atomic mass is 10.3. The predicted octanol–water partition coefficient (Wildman–Crippen LogP) is -3.25. The zero-order valence-corrected chi connectivity index (χ0v) is 9.51. The Morgan fingerprint density at radius 3 is 2.20 bits per heavy atom. The van der Waals surface area contributed by atoms with Crippen molar-refractivity contribution in [2.24, 2.45) is 5.73 Å². The quantitative estimate of drug-likeness (QED) is 0.457. The maximum Gasteiger partial charge on any atom is 0.247 e. The molecule has 0 aromatic rings. The fraction of sp³-hybridized carbons (Fsp3) is 0.800. The Morgan fingerprint density at radius 1 is 1.40 bits per heavy atom. The van der Waals surface area contributed by atoms with Crippen LogP contribution >= 0.6 is 0 Å². The number of sulfonamides is 1. The van der Waals surface area contributed by atoms with Crippen LogP contribution in [-0.2, 0) is 24.7 Å². The Morgan fingerprint density at radius 2 is 1.87 bits per heavy atom. The molecule has 0 bridgehead atoms. The first-order chi connectivity index (χ1) is 6.53. The molecule has 1 atom stereocenters. The lowest BCUT2D eigenvalue weighted by Crippen LogP contribution is -2.41. The van der Waals surface area contributed by atoms with Gasteiger partial charge in [-0.1, -0.05) is 0 Å². The van der Waals surface area contributed by atoms with Gasteiger partial charge in [0.2, 0.25) is 15.9 Å². The maximum absolute atomic E-state index is 11.0. The summed E-state index contributed by atoms with van der Waals surface area (Å²) >= 11 is 0. The zero-order chi connectivity index (χ0) is 12.3. The van der Waals surface area contributed by atoms with Gasteiger partial charge in [0, 0.05) is 12.8 Å². The van der Waals surface area contributed by atoms with E-state index in [2.05, 4.69) is 5.73 Å². The largest absolute Gasteiger partial charge is 0.382 e. The molecule has 0 aliphatic heterocycles. The van der Waals surface area contributed by atoms with Gasteiger partial charge in [0.1, 0.15) is 6.10 Å². The summed E-state index contributed by atoms with van der Waals surface area (Å²) in [6, 6.07) is 0. The summed E-state index contributed by atoms with van der Waals surface area (Å²) in [5.74, 6) is -1.10. The summed E-state index contributed by atoms with van der Waals surface area (Å²) in [6.45, 7) is -0.646. The minimum atomic E-state index is -4.07. The van der Waals surface area contributed by atoms with E-state index in [0.717, 1.165) is 6.26 Å². The molecule has 0 aromatic heterocycles. The van der Waals surface area contributed by atoms with E-state index in [0.29, 0.717) is 0 Å². The molecule has 10 heteroatoms. The number of nitrogens with one attached hydrogen (secondary N) is 1. The van der Waals surface area contributed by atoms with Crippen LogP contribution in [0.4, 0.5) is 0 Å². The third-order valence-electron chi connectivity index (χ3n) is 1.19. The Kier molecular flexibility index (Phi) is 4.65. The van der Waals surface area contributed by atoms with Crippen LogP contribution in [0.25, 0.3) is 0 Å². The molecule has 1 unspecified atom stereocenters. The molecule has 0 heterocycles. The number of aliphatic hydroxyl groups excluding tert-OH is 1. The summed E-state index contributed by atoms with van der Waals surface area (Å²) in [4.78, 5) is 10.3. The Bertz CT molecular complexity index is 424. The lowest BCUT2D eigenvalue weighted by Gasteiger charge is -2.08. The standard InChI is InChI=1S/C5H12N2O6S2/c1-14(10,11)3-15(12,13)7-2-4(8)5(6)9/h4,7-8H,2-3H2,1H3,(H2,6,9). The molecule has 1 amide bonds. The van der Waals surface area contributed by atoms with Crippen molar-refractivity contribution in [1.82, 2.24) is 4.72 Å². The fourth-order valence-corrected chi connectivity index (χ4v) is 3.63. The van der Waals surface area contributed by atoms with Crippen LogP contribution in [-0.4, -0.2) is 51.8 Å². The molecular weight excluding hydrogens is 248 g/mol. The van der Waals surface area contributed by atoms with Gasteiger partial charge in [-0.25, -0.2) is 21.6 Å². The molecular formula is C5H12N2O6S2. The molecule has 8 nitrogen and oxygen atoms in total. The Labute approximate surface area is 87.4 Å². The molecule has 0 aromatic carbocycles. The topological polar surface area (TPSA) is 144 Å². The predicted molar refractivity (Wildman–Crippen MR) is 51.8 cm³/mol. The number of carbonyl (C=O) groups excluding carboxylic acids is 1. The van der Waals surface area contributed by atoms with Gasteiger partial charge in [0.25, 0.3) is 0 Å². The second-order valence-corrected chi connectivity index (χ2v) is 7.24. The fourth-order valence-electron chi connectivity index (χ4n) is 0.630. The number of hydrogen-bond donors (Lipinski definition) is 3. The van der Waals surface area contributed by atoms with Crippen molar-refractivity contribution < 1.29 is 26.7 Å². The number of hydrogen-bond acceptors (Lipinski definition) is 6. The van der Waals surface area contributed by atoms with Crippen LogP contribution in [0.15, 0.2) is 0 Å². The van der Waals surface area contributed by atoms with Crippen molar-refractivity contribution in [2.45, 2.75) is 6.10 Å². The number of primary amides is 1. The average Bonchev–Trinajstić information content (AvgIpc) is 1.95. The monoisotopic (exact) mass is 260 g/mol. The van der Waals surface area contributed by atoms with Crippen molar-refractivity contribution in [3.8, 4) is 0 Å². The first-order valence-corrected chi connectivity index (χ1v) is 7.37. The number of nitrogens with two attached hydrogens (primary N) is 1. The van der Waals surface area contributed by atoms with Crippen LogP contribution in [0.2, 0.25) is 0 Å². The number of rotatable bonds is 6. The minimum absolute atomic E-state index is 0.646. The summed E-state index contributed by atoms with van der Waals surface area (Å²) in [5.41, 5.74) is 4.65. The van der Waals surface area contributed by atoms with E-state index in [9.17, 15) is 21.6 Å². The van der Waals surface area contributed by atoms with E-state index in [-0.39, 0.29) is 0 Å². The van der Waals surface area contributed by atoms with Gasteiger partial charge in [0.05, 0.1) is 0 Å². The SMILES string of the molecule is CS(=O)(=O)CS(=O)(=O)NCC(O)C(N)=O. The highest BCUT2D eigenvalue weighted by Crippen LogP contribution is 1.92. The van der Waals surface area contributed by atoms with Gasteiger partial charge in [0.15, 0.2) is 14.9 Å². The van der Waals surface area contributed by atoms with E-state index in [4.69, 9.17) is 5.11 Å². The number of carbonyl (C=O) groups is 1. The molecule has 4 N–H and O–H groups in total. The molecule has 0 saturated heterocycles. The number of sulfone groups is 1. The van der Waals surface area contributed by atoms with E-state index in [1.807, 2.05) is 0 Å². The van der Waals surface area contributed by atoms with Gasteiger partial charge in [-0.05, 0) is 0 Å². The van der Waals surface area contributed by atoms with Crippen LogP contribution < -0.4 is 10.5 Å². The van der Waals surface area contributed by atoms with E-state index in [1.165, 1.54) is 0 Å². The lowest BCUT2D eigenvalue weighted by molar-refractivity contribution is -0.125.